The predicted molar refractivity (Wildman–Crippen MR) is 123 cm³/mol. The van der Waals surface area contributed by atoms with Crippen LogP contribution < -0.4 is 9.80 Å². The fraction of sp³-hybridized carbons (Fsp3) is 0.609. The van der Waals surface area contributed by atoms with Crippen molar-refractivity contribution >= 4 is 22.5 Å². The molecule has 0 amide bonds. The zero-order chi connectivity index (χ0) is 25.9. The van der Waals surface area contributed by atoms with Crippen molar-refractivity contribution in [2.24, 2.45) is 0 Å². The van der Waals surface area contributed by atoms with Gasteiger partial charge in [0, 0.05) is 24.7 Å². The summed E-state index contributed by atoms with van der Waals surface area (Å²) in [5.41, 5.74) is -0.686. The molecule has 1 N–H and O–H groups in total. The molecule has 3 aromatic rings. The number of pyridine rings is 1. The van der Waals surface area contributed by atoms with Crippen LogP contribution in [0.1, 0.15) is 38.3 Å². The van der Waals surface area contributed by atoms with Gasteiger partial charge in [0.2, 0.25) is 0 Å². The van der Waals surface area contributed by atoms with Crippen LogP contribution in [0.4, 0.5) is 33.5 Å². The summed E-state index contributed by atoms with van der Waals surface area (Å²) in [7, 11) is 0. The first-order valence-electron chi connectivity index (χ1n) is 12.3. The van der Waals surface area contributed by atoms with Gasteiger partial charge in [-0.3, -0.25) is 5.10 Å². The van der Waals surface area contributed by atoms with E-state index in [1.165, 1.54) is 12.3 Å². The van der Waals surface area contributed by atoms with E-state index in [4.69, 9.17) is 14.5 Å². The molecule has 0 aromatic carbocycles. The monoisotopic (exact) mass is 527 g/mol. The highest BCUT2D eigenvalue weighted by molar-refractivity contribution is 5.95. The quantitative estimate of drug-likeness (QED) is 0.500. The molecule has 4 atom stereocenters. The van der Waals surface area contributed by atoms with Gasteiger partial charge < -0.3 is 19.3 Å². The lowest BCUT2D eigenvalue weighted by Gasteiger charge is -2.40. The second-order valence-corrected chi connectivity index (χ2v) is 9.81. The number of morpholine rings is 1. The third kappa shape index (κ3) is 4.29. The van der Waals surface area contributed by atoms with Crippen molar-refractivity contribution in [1.82, 2.24) is 25.0 Å². The van der Waals surface area contributed by atoms with E-state index in [1.54, 1.807) is 13.0 Å². The Morgan fingerprint density at radius 3 is 2.54 bits per heavy atom. The first-order chi connectivity index (χ1) is 17.7. The number of anilines is 2. The van der Waals surface area contributed by atoms with E-state index in [1.807, 2.05) is 4.90 Å². The predicted octanol–water partition coefficient (Wildman–Crippen LogP) is 4.13. The minimum atomic E-state index is -4.75. The second kappa shape index (κ2) is 9.08. The Labute approximate surface area is 208 Å². The van der Waals surface area contributed by atoms with Crippen LogP contribution in [-0.2, 0) is 15.7 Å². The van der Waals surface area contributed by atoms with E-state index in [0.717, 1.165) is 17.5 Å². The van der Waals surface area contributed by atoms with Gasteiger partial charge in [-0.1, -0.05) is 0 Å². The van der Waals surface area contributed by atoms with Gasteiger partial charge in [0.05, 0.1) is 48.7 Å². The summed E-state index contributed by atoms with van der Waals surface area (Å²) >= 11 is 0. The van der Waals surface area contributed by atoms with Crippen LogP contribution in [0, 0.1) is 0 Å². The Morgan fingerprint density at radius 1 is 1.16 bits per heavy atom. The Kier molecular flexibility index (Phi) is 5.97. The van der Waals surface area contributed by atoms with E-state index in [9.17, 15) is 22.0 Å². The molecule has 0 saturated carbocycles. The summed E-state index contributed by atoms with van der Waals surface area (Å²) in [6.07, 6.45) is -1.68. The number of rotatable bonds is 5. The van der Waals surface area contributed by atoms with Gasteiger partial charge in [-0.2, -0.15) is 36.8 Å². The van der Waals surface area contributed by atoms with Gasteiger partial charge in [-0.25, -0.2) is 4.98 Å². The van der Waals surface area contributed by atoms with Gasteiger partial charge in [-0.15, -0.1) is 0 Å². The smallest absolute Gasteiger partial charge is 0.377 e. The van der Waals surface area contributed by atoms with Gasteiger partial charge in [0.25, 0.3) is 0 Å². The van der Waals surface area contributed by atoms with Crippen LogP contribution in [-0.4, -0.2) is 75.6 Å². The van der Waals surface area contributed by atoms with Crippen LogP contribution in [0.15, 0.2) is 18.3 Å². The fourth-order valence-electron chi connectivity index (χ4n) is 5.93. The number of hydrogen-bond donors (Lipinski definition) is 1. The number of ether oxygens (including phenoxy) is 2. The Bertz CT molecular complexity index is 1250. The maximum Gasteiger partial charge on any atom is 0.435 e. The van der Waals surface area contributed by atoms with Crippen molar-refractivity contribution in [3.8, 4) is 5.82 Å². The van der Waals surface area contributed by atoms with Crippen LogP contribution in [0.25, 0.3) is 16.9 Å². The molecule has 9 nitrogen and oxygen atoms in total. The zero-order valence-electron chi connectivity index (χ0n) is 20.0. The molecule has 0 aliphatic carbocycles. The van der Waals surface area contributed by atoms with Gasteiger partial charge in [-0.05, 0) is 32.6 Å². The highest BCUT2D eigenvalue weighted by Crippen LogP contribution is 2.44. The summed E-state index contributed by atoms with van der Waals surface area (Å²) in [6, 6.07) is 3.01. The second-order valence-electron chi connectivity index (χ2n) is 9.81. The van der Waals surface area contributed by atoms with Crippen LogP contribution in [0.5, 0.6) is 0 Å². The molecule has 3 saturated heterocycles. The van der Waals surface area contributed by atoms with Gasteiger partial charge >= 0.3 is 12.8 Å². The third-order valence-corrected chi connectivity index (χ3v) is 7.52. The van der Waals surface area contributed by atoms with Crippen molar-refractivity contribution in [3.05, 3.63) is 24.0 Å². The lowest BCUT2D eigenvalue weighted by molar-refractivity contribution is -0.168. The van der Waals surface area contributed by atoms with Gasteiger partial charge in [0.1, 0.15) is 5.82 Å². The van der Waals surface area contributed by atoms with Crippen molar-refractivity contribution in [1.29, 1.82) is 0 Å². The van der Waals surface area contributed by atoms with Crippen molar-refractivity contribution < 1.29 is 31.4 Å². The van der Waals surface area contributed by atoms with E-state index >= 15 is 0 Å². The number of fused-ring (bicyclic) bond motifs is 3. The molecular weight excluding hydrogens is 501 g/mol. The minimum Gasteiger partial charge on any atom is -0.377 e. The highest BCUT2D eigenvalue weighted by Gasteiger charge is 2.43. The largest absolute Gasteiger partial charge is 0.435 e. The first-order valence-corrected chi connectivity index (χ1v) is 12.3. The van der Waals surface area contributed by atoms with Crippen molar-refractivity contribution in [3.63, 3.8) is 0 Å². The Hall–Kier alpha value is -3.00. The molecule has 6 rings (SSSR count). The number of halogens is 5. The van der Waals surface area contributed by atoms with Crippen LogP contribution >= 0.6 is 0 Å². The molecule has 0 radical (unpaired) electrons. The normalized spacial score (nSPS) is 26.6. The van der Waals surface area contributed by atoms with E-state index < -0.39 is 24.6 Å². The SMILES string of the molecule is C[C@@H]1C[C@H](OC(F)F)CCN1c1cc(N2C3CCC2COC3)nc2c1c(C(F)(F)F)nn2-c1ccn[nH]1. The van der Waals surface area contributed by atoms with E-state index in [0.29, 0.717) is 24.7 Å². The zero-order valence-corrected chi connectivity index (χ0v) is 20.0. The number of alkyl halides is 5. The lowest BCUT2D eigenvalue weighted by Crippen LogP contribution is -2.47. The van der Waals surface area contributed by atoms with Crippen LogP contribution in [0.3, 0.4) is 0 Å². The summed E-state index contributed by atoms with van der Waals surface area (Å²) in [6.45, 7) is 0.194. The van der Waals surface area contributed by atoms with Gasteiger partial charge in [0.15, 0.2) is 17.2 Å². The molecule has 0 spiro atoms. The van der Waals surface area contributed by atoms with Crippen molar-refractivity contribution in [2.45, 2.75) is 69.6 Å². The molecule has 3 aliphatic rings. The number of H-pyrrole nitrogens is 1. The Balaban J connectivity index is 1.53. The average Bonchev–Trinajstić information content (AvgIpc) is 3.54. The highest BCUT2D eigenvalue weighted by atomic mass is 19.4. The number of aromatic nitrogens is 5. The van der Waals surface area contributed by atoms with E-state index in [-0.39, 0.29) is 54.4 Å². The summed E-state index contributed by atoms with van der Waals surface area (Å²) in [4.78, 5) is 8.71. The standard InChI is InChI=1S/C23H26F5N7O2/c1-12-8-15(37-22(24)25)5-7-33(12)16-9-18(34-13-2-3-14(34)11-36-10-13)30-21-19(16)20(23(26,27)28)32-35(21)17-4-6-29-31-17/h4,6,9,12-15,22H,2-3,5,7-8,10-11H2,1H3,(H,29,31)/t12-,13?,14?,15-/m1/s1. The average molecular weight is 527 g/mol. The first kappa shape index (κ1) is 24.3. The summed E-state index contributed by atoms with van der Waals surface area (Å²) < 4.78 is 80.2. The van der Waals surface area contributed by atoms with E-state index in [2.05, 4.69) is 20.2 Å². The fourth-order valence-corrected chi connectivity index (χ4v) is 5.93. The number of aromatic amines is 1. The number of nitrogens with one attached hydrogen (secondary N) is 1. The number of piperidine rings is 1. The molecule has 3 aliphatic heterocycles. The summed E-state index contributed by atoms with van der Waals surface area (Å²) in [5.74, 6) is 0.795. The topological polar surface area (TPSA) is 84.3 Å². The van der Waals surface area contributed by atoms with Crippen LogP contribution in [0.2, 0.25) is 0 Å². The molecule has 3 fully saturated rings. The lowest BCUT2D eigenvalue weighted by atomic mass is 9.99. The molecular formula is C23H26F5N7O2. The molecule has 37 heavy (non-hydrogen) atoms. The maximum atomic E-state index is 14.3. The minimum absolute atomic E-state index is 0.0492. The molecule has 2 bridgehead atoms. The number of nitrogens with zero attached hydrogens (tertiary/aromatic N) is 6. The molecule has 200 valence electrons. The molecule has 2 unspecified atom stereocenters. The molecule has 6 heterocycles. The molecule has 3 aromatic heterocycles. The third-order valence-electron chi connectivity index (χ3n) is 7.52. The molecule has 14 heteroatoms. The maximum absolute atomic E-state index is 14.3. The number of hydrogen-bond acceptors (Lipinski definition) is 7. The summed E-state index contributed by atoms with van der Waals surface area (Å²) in [5, 5.41) is 10.4. The Morgan fingerprint density at radius 2 is 1.92 bits per heavy atom. The van der Waals surface area contributed by atoms with Crippen molar-refractivity contribution in [2.75, 3.05) is 29.6 Å².